The van der Waals surface area contributed by atoms with Gasteiger partial charge in [0.2, 0.25) is 0 Å². The van der Waals surface area contributed by atoms with Crippen molar-refractivity contribution in [2.75, 3.05) is 33.7 Å². The van der Waals surface area contributed by atoms with Gasteiger partial charge in [0.1, 0.15) is 5.69 Å². The third-order valence-electron chi connectivity index (χ3n) is 5.47. The monoisotopic (exact) mass is 365 g/mol. The van der Waals surface area contributed by atoms with Crippen molar-refractivity contribution in [2.24, 2.45) is 5.92 Å². The van der Waals surface area contributed by atoms with Crippen molar-refractivity contribution in [1.29, 1.82) is 0 Å². The molecule has 0 radical (unpaired) electrons. The van der Waals surface area contributed by atoms with Crippen molar-refractivity contribution in [3.63, 3.8) is 0 Å². The zero-order valence-corrected chi connectivity index (χ0v) is 16.1. The van der Waals surface area contributed by atoms with Gasteiger partial charge < -0.3 is 14.4 Å². The molecule has 3 aromatic rings. The maximum Gasteiger partial charge on any atom is 0.274 e. The van der Waals surface area contributed by atoms with Gasteiger partial charge in [0.05, 0.1) is 12.2 Å². The molecule has 1 amide bonds. The molecule has 4 rings (SSSR count). The standard InChI is InChI=1S/C21H27N5O/c1-24-10-5-6-16(13-24)14-25(2)21(27)19-12-18(22-23-19)15-26-11-9-17-7-3-4-8-20(17)26/h3-4,7-9,11-12,16H,5-6,10,13-15H2,1-2H3,(H,22,23). The van der Waals surface area contributed by atoms with E-state index < -0.39 is 0 Å². The summed E-state index contributed by atoms with van der Waals surface area (Å²) in [7, 11) is 4.03. The van der Waals surface area contributed by atoms with E-state index in [0.717, 1.165) is 25.3 Å². The van der Waals surface area contributed by atoms with Crippen LogP contribution in [0.1, 0.15) is 29.0 Å². The third kappa shape index (κ3) is 3.90. The summed E-state index contributed by atoms with van der Waals surface area (Å²) in [5.74, 6) is 0.533. The minimum Gasteiger partial charge on any atom is -0.341 e. The van der Waals surface area contributed by atoms with E-state index in [4.69, 9.17) is 0 Å². The Kier molecular flexibility index (Phi) is 4.99. The van der Waals surface area contributed by atoms with Crippen LogP contribution in [0.2, 0.25) is 0 Å². The number of aromatic nitrogens is 3. The SMILES string of the molecule is CN1CCCC(CN(C)C(=O)c2cc(Cn3ccc4ccccc43)[nH]n2)C1. The smallest absolute Gasteiger partial charge is 0.274 e. The number of piperidine rings is 1. The summed E-state index contributed by atoms with van der Waals surface area (Å²) in [5.41, 5.74) is 2.61. The Morgan fingerprint density at radius 3 is 3.04 bits per heavy atom. The molecule has 3 heterocycles. The molecule has 2 aromatic heterocycles. The minimum absolute atomic E-state index is 0.0110. The third-order valence-corrected chi connectivity index (χ3v) is 5.47. The van der Waals surface area contributed by atoms with Crippen LogP contribution in [-0.2, 0) is 6.54 Å². The lowest BCUT2D eigenvalue weighted by Gasteiger charge is -2.32. The molecule has 6 nitrogen and oxygen atoms in total. The van der Waals surface area contributed by atoms with Gasteiger partial charge in [0.15, 0.2) is 0 Å². The van der Waals surface area contributed by atoms with Crippen molar-refractivity contribution in [3.05, 3.63) is 54.0 Å². The highest BCUT2D eigenvalue weighted by Crippen LogP contribution is 2.18. The Morgan fingerprint density at radius 2 is 2.19 bits per heavy atom. The molecule has 0 aliphatic carbocycles. The van der Waals surface area contributed by atoms with Gasteiger partial charge in [0, 0.05) is 31.9 Å². The van der Waals surface area contributed by atoms with Crippen LogP contribution in [0.25, 0.3) is 10.9 Å². The fourth-order valence-electron chi connectivity index (χ4n) is 4.10. The number of carbonyl (C=O) groups is 1. The van der Waals surface area contributed by atoms with Crippen LogP contribution >= 0.6 is 0 Å². The summed E-state index contributed by atoms with van der Waals surface area (Å²) in [4.78, 5) is 16.9. The fourth-order valence-corrected chi connectivity index (χ4v) is 4.10. The summed E-state index contributed by atoms with van der Waals surface area (Å²) >= 11 is 0. The molecule has 1 aromatic carbocycles. The lowest BCUT2D eigenvalue weighted by molar-refractivity contribution is 0.0735. The molecule has 1 atom stereocenters. The molecule has 27 heavy (non-hydrogen) atoms. The highest BCUT2D eigenvalue weighted by molar-refractivity contribution is 5.92. The van der Waals surface area contributed by atoms with Gasteiger partial charge >= 0.3 is 0 Å². The number of para-hydroxylation sites is 1. The van der Waals surface area contributed by atoms with Crippen LogP contribution in [0.3, 0.4) is 0 Å². The number of aromatic amines is 1. The molecule has 1 N–H and O–H groups in total. The molecular weight excluding hydrogens is 338 g/mol. The number of fused-ring (bicyclic) bond motifs is 1. The van der Waals surface area contributed by atoms with E-state index in [-0.39, 0.29) is 5.91 Å². The number of benzene rings is 1. The number of rotatable bonds is 5. The second-order valence-electron chi connectivity index (χ2n) is 7.74. The Morgan fingerprint density at radius 1 is 1.33 bits per heavy atom. The van der Waals surface area contributed by atoms with E-state index in [0.29, 0.717) is 18.2 Å². The highest BCUT2D eigenvalue weighted by Gasteiger charge is 2.22. The maximum absolute atomic E-state index is 12.8. The molecule has 1 aliphatic heterocycles. The predicted molar refractivity (Wildman–Crippen MR) is 107 cm³/mol. The number of hydrogen-bond acceptors (Lipinski definition) is 3. The first kappa shape index (κ1) is 17.8. The Bertz CT molecular complexity index is 927. The van der Waals surface area contributed by atoms with Crippen molar-refractivity contribution >= 4 is 16.8 Å². The van der Waals surface area contributed by atoms with E-state index in [9.17, 15) is 4.79 Å². The molecule has 1 unspecified atom stereocenters. The van der Waals surface area contributed by atoms with Gasteiger partial charge in [-0.2, -0.15) is 5.10 Å². The first-order valence-electron chi connectivity index (χ1n) is 9.62. The van der Waals surface area contributed by atoms with Crippen LogP contribution in [0.15, 0.2) is 42.6 Å². The van der Waals surface area contributed by atoms with E-state index in [1.807, 2.05) is 30.1 Å². The Hall–Kier alpha value is -2.60. The van der Waals surface area contributed by atoms with Gasteiger partial charge in [0.25, 0.3) is 5.91 Å². The molecule has 1 fully saturated rings. The number of nitrogens with one attached hydrogen (secondary N) is 1. The molecule has 0 saturated carbocycles. The molecule has 142 valence electrons. The van der Waals surface area contributed by atoms with Crippen LogP contribution in [0.4, 0.5) is 0 Å². The molecule has 1 aliphatic rings. The normalized spacial score (nSPS) is 18.1. The summed E-state index contributed by atoms with van der Waals surface area (Å²) in [6.07, 6.45) is 4.47. The van der Waals surface area contributed by atoms with E-state index in [1.54, 1.807) is 0 Å². The number of likely N-dealkylation sites (tertiary alicyclic amines) is 1. The second kappa shape index (κ2) is 7.56. The number of amides is 1. The number of hydrogen-bond donors (Lipinski definition) is 1. The van der Waals surface area contributed by atoms with Gasteiger partial charge in [-0.1, -0.05) is 18.2 Å². The summed E-state index contributed by atoms with van der Waals surface area (Å²) in [5, 5.41) is 8.51. The van der Waals surface area contributed by atoms with E-state index in [2.05, 4.69) is 51.1 Å². The number of H-pyrrole nitrogens is 1. The van der Waals surface area contributed by atoms with E-state index in [1.165, 1.54) is 23.7 Å². The molecular formula is C21H27N5O. The number of carbonyl (C=O) groups excluding carboxylic acids is 1. The van der Waals surface area contributed by atoms with Gasteiger partial charge in [-0.25, -0.2) is 0 Å². The minimum atomic E-state index is -0.0110. The van der Waals surface area contributed by atoms with Gasteiger partial charge in [-0.05, 0) is 55.9 Å². The first-order chi connectivity index (χ1) is 13.1. The topological polar surface area (TPSA) is 57.2 Å². The summed E-state index contributed by atoms with van der Waals surface area (Å²) in [6.45, 7) is 3.67. The molecule has 1 saturated heterocycles. The van der Waals surface area contributed by atoms with Crippen molar-refractivity contribution < 1.29 is 4.79 Å². The van der Waals surface area contributed by atoms with Crippen molar-refractivity contribution in [1.82, 2.24) is 24.6 Å². The zero-order valence-electron chi connectivity index (χ0n) is 16.1. The second-order valence-corrected chi connectivity index (χ2v) is 7.74. The Balaban J connectivity index is 1.41. The lowest BCUT2D eigenvalue weighted by atomic mass is 9.98. The first-order valence-corrected chi connectivity index (χ1v) is 9.62. The average molecular weight is 365 g/mol. The van der Waals surface area contributed by atoms with Crippen LogP contribution in [-0.4, -0.2) is 64.2 Å². The summed E-state index contributed by atoms with van der Waals surface area (Å²) < 4.78 is 2.17. The summed E-state index contributed by atoms with van der Waals surface area (Å²) in [6, 6.07) is 12.3. The maximum atomic E-state index is 12.8. The van der Waals surface area contributed by atoms with E-state index >= 15 is 0 Å². The molecule has 0 bridgehead atoms. The Labute approximate surface area is 159 Å². The zero-order chi connectivity index (χ0) is 18.8. The van der Waals surface area contributed by atoms with Crippen LogP contribution in [0.5, 0.6) is 0 Å². The van der Waals surface area contributed by atoms with Crippen LogP contribution in [0, 0.1) is 5.92 Å². The van der Waals surface area contributed by atoms with Crippen molar-refractivity contribution in [2.45, 2.75) is 19.4 Å². The van der Waals surface area contributed by atoms with Crippen molar-refractivity contribution in [3.8, 4) is 0 Å². The van der Waals surface area contributed by atoms with Crippen LogP contribution < -0.4 is 0 Å². The molecule has 6 heteroatoms. The molecule has 0 spiro atoms. The predicted octanol–water partition coefficient (Wildman–Crippen LogP) is 2.83. The highest BCUT2D eigenvalue weighted by atomic mass is 16.2. The van der Waals surface area contributed by atoms with Gasteiger partial charge in [-0.3, -0.25) is 9.89 Å². The van der Waals surface area contributed by atoms with Gasteiger partial charge in [-0.15, -0.1) is 0 Å². The largest absolute Gasteiger partial charge is 0.341 e. The lowest BCUT2D eigenvalue weighted by Crippen LogP contribution is -2.40. The number of nitrogens with zero attached hydrogens (tertiary/aromatic N) is 4. The quantitative estimate of drug-likeness (QED) is 0.756. The fraction of sp³-hybridized carbons (Fsp3) is 0.429. The average Bonchev–Trinajstić information content (AvgIpc) is 3.29.